The number of benzene rings is 1. The molecule has 0 unspecified atom stereocenters. The van der Waals surface area contributed by atoms with Crippen molar-refractivity contribution in [3.8, 4) is 0 Å². The Morgan fingerprint density at radius 1 is 1.16 bits per heavy atom. The lowest BCUT2D eigenvalue weighted by molar-refractivity contribution is -0.137. The third kappa shape index (κ3) is 3.92. The molecule has 5 rings (SSSR count). The SMILES string of the molecule is COCC(=O)N1CCC2(CC1)Cc1nc3c(c(=O)n1C2)CN(Cc1ccccc1)CC3. The molecule has 31 heavy (non-hydrogen) atoms. The van der Waals surface area contributed by atoms with Crippen LogP contribution in [0.4, 0.5) is 0 Å². The van der Waals surface area contributed by atoms with Crippen molar-refractivity contribution >= 4 is 5.91 Å². The first-order valence-corrected chi connectivity index (χ1v) is 11.2. The first-order valence-electron chi connectivity index (χ1n) is 11.2. The largest absolute Gasteiger partial charge is 0.375 e. The van der Waals surface area contributed by atoms with Crippen LogP contribution in [0.1, 0.15) is 35.5 Å². The zero-order valence-electron chi connectivity index (χ0n) is 18.2. The van der Waals surface area contributed by atoms with E-state index in [9.17, 15) is 9.59 Å². The van der Waals surface area contributed by atoms with Crippen LogP contribution in [0.5, 0.6) is 0 Å². The summed E-state index contributed by atoms with van der Waals surface area (Å²) in [6.45, 7) is 4.79. The van der Waals surface area contributed by atoms with Gasteiger partial charge in [0, 0.05) is 59.2 Å². The third-order valence-electron chi connectivity index (χ3n) is 7.19. The van der Waals surface area contributed by atoms with Gasteiger partial charge in [-0.1, -0.05) is 30.3 Å². The molecule has 2 aromatic rings. The summed E-state index contributed by atoms with van der Waals surface area (Å²) in [4.78, 5) is 34.7. The van der Waals surface area contributed by atoms with E-state index in [1.165, 1.54) is 5.56 Å². The molecule has 1 saturated heterocycles. The van der Waals surface area contributed by atoms with Gasteiger partial charge in [0.25, 0.3) is 5.56 Å². The van der Waals surface area contributed by atoms with Gasteiger partial charge in [-0.05, 0) is 23.8 Å². The van der Waals surface area contributed by atoms with Crippen molar-refractivity contribution in [1.29, 1.82) is 0 Å². The topological polar surface area (TPSA) is 67.7 Å². The molecular formula is C24H30N4O3. The molecule has 1 amide bonds. The van der Waals surface area contributed by atoms with Crippen molar-refractivity contribution in [2.45, 2.75) is 45.3 Å². The highest BCUT2D eigenvalue weighted by Gasteiger charge is 2.43. The normalized spacial score (nSPS) is 20.0. The molecule has 4 heterocycles. The van der Waals surface area contributed by atoms with Crippen LogP contribution in [0.2, 0.25) is 0 Å². The number of carbonyl (C=O) groups excluding carboxylic acids is 1. The third-order valence-corrected chi connectivity index (χ3v) is 7.19. The molecule has 1 fully saturated rings. The predicted molar refractivity (Wildman–Crippen MR) is 117 cm³/mol. The average Bonchev–Trinajstić information content (AvgIpc) is 3.13. The summed E-state index contributed by atoms with van der Waals surface area (Å²) >= 11 is 0. The molecule has 0 radical (unpaired) electrons. The van der Waals surface area contributed by atoms with Crippen LogP contribution >= 0.6 is 0 Å². The van der Waals surface area contributed by atoms with Gasteiger partial charge in [-0.15, -0.1) is 0 Å². The van der Waals surface area contributed by atoms with Crippen molar-refractivity contribution < 1.29 is 9.53 Å². The summed E-state index contributed by atoms with van der Waals surface area (Å²) in [7, 11) is 1.55. The molecule has 164 valence electrons. The Balaban J connectivity index is 1.31. The average molecular weight is 423 g/mol. The molecule has 1 aromatic carbocycles. The Hall–Kier alpha value is -2.51. The maximum absolute atomic E-state index is 13.4. The van der Waals surface area contributed by atoms with Crippen LogP contribution < -0.4 is 5.56 Å². The van der Waals surface area contributed by atoms with E-state index in [1.54, 1.807) is 7.11 Å². The number of rotatable bonds is 4. The van der Waals surface area contributed by atoms with Gasteiger partial charge in [0.15, 0.2) is 0 Å². The van der Waals surface area contributed by atoms with E-state index in [1.807, 2.05) is 15.5 Å². The van der Waals surface area contributed by atoms with Crippen LogP contribution in [-0.2, 0) is 42.0 Å². The number of fused-ring (bicyclic) bond motifs is 2. The zero-order valence-corrected chi connectivity index (χ0v) is 18.2. The maximum atomic E-state index is 13.4. The molecule has 3 aliphatic heterocycles. The molecule has 3 aliphatic rings. The highest BCUT2D eigenvalue weighted by atomic mass is 16.5. The van der Waals surface area contributed by atoms with Crippen LogP contribution in [0.25, 0.3) is 0 Å². The molecular weight excluding hydrogens is 392 g/mol. The number of amides is 1. The molecule has 0 bridgehead atoms. The summed E-state index contributed by atoms with van der Waals surface area (Å²) in [5, 5.41) is 0. The molecule has 1 spiro atoms. The zero-order chi connectivity index (χ0) is 21.4. The number of methoxy groups -OCH3 is 1. The van der Waals surface area contributed by atoms with E-state index < -0.39 is 0 Å². The van der Waals surface area contributed by atoms with Gasteiger partial charge in [-0.25, -0.2) is 4.98 Å². The van der Waals surface area contributed by atoms with Gasteiger partial charge >= 0.3 is 0 Å². The van der Waals surface area contributed by atoms with E-state index in [4.69, 9.17) is 9.72 Å². The van der Waals surface area contributed by atoms with Crippen molar-refractivity contribution in [1.82, 2.24) is 19.4 Å². The van der Waals surface area contributed by atoms with E-state index in [2.05, 4.69) is 29.2 Å². The number of carbonyl (C=O) groups is 1. The quantitative estimate of drug-likeness (QED) is 0.749. The van der Waals surface area contributed by atoms with Crippen LogP contribution in [-0.4, -0.2) is 58.6 Å². The number of ether oxygens (including phenoxy) is 1. The predicted octanol–water partition coefficient (Wildman–Crippen LogP) is 1.61. The first kappa shape index (κ1) is 20.4. The molecule has 7 nitrogen and oxygen atoms in total. The molecule has 0 N–H and O–H groups in total. The minimum Gasteiger partial charge on any atom is -0.375 e. The fraction of sp³-hybridized carbons (Fsp3) is 0.542. The minimum absolute atomic E-state index is 0.0523. The van der Waals surface area contributed by atoms with Gasteiger partial charge in [-0.2, -0.15) is 0 Å². The minimum atomic E-state index is 0.0523. The number of likely N-dealkylation sites (tertiary alicyclic amines) is 1. The molecule has 7 heteroatoms. The lowest BCUT2D eigenvalue weighted by atomic mass is 9.77. The second-order valence-electron chi connectivity index (χ2n) is 9.28. The van der Waals surface area contributed by atoms with E-state index in [0.717, 1.165) is 75.5 Å². The fourth-order valence-electron chi connectivity index (χ4n) is 5.40. The van der Waals surface area contributed by atoms with Crippen molar-refractivity contribution in [3.63, 3.8) is 0 Å². The molecule has 0 aliphatic carbocycles. The summed E-state index contributed by atoms with van der Waals surface area (Å²) in [6.07, 6.45) is 3.50. The van der Waals surface area contributed by atoms with Crippen LogP contribution in [0.15, 0.2) is 35.1 Å². The maximum Gasteiger partial charge on any atom is 0.258 e. The standard InChI is InChI=1S/C24H30N4O3/c1-31-16-22(29)27-11-8-24(9-12-27)13-21-25-20-7-10-26(14-18-5-3-2-4-6-18)15-19(20)23(30)28(21)17-24/h2-6H,7-17H2,1H3. The second kappa shape index (κ2) is 8.20. The van der Waals surface area contributed by atoms with Crippen LogP contribution in [0.3, 0.4) is 0 Å². The first-order chi connectivity index (χ1) is 15.1. The summed E-state index contributed by atoms with van der Waals surface area (Å²) in [5.41, 5.74) is 3.33. The number of hydrogen-bond donors (Lipinski definition) is 0. The van der Waals surface area contributed by atoms with Crippen molar-refractivity contribution in [3.05, 3.63) is 63.3 Å². The van der Waals surface area contributed by atoms with Gasteiger partial charge in [0.1, 0.15) is 12.4 Å². The Kier molecular flexibility index (Phi) is 5.40. The molecule has 0 saturated carbocycles. The number of aromatic nitrogens is 2. The van der Waals surface area contributed by atoms with E-state index >= 15 is 0 Å². The van der Waals surface area contributed by atoms with Gasteiger partial charge in [0.05, 0.1) is 11.3 Å². The summed E-state index contributed by atoms with van der Waals surface area (Å²) in [5.74, 6) is 0.994. The van der Waals surface area contributed by atoms with Crippen molar-refractivity contribution in [2.24, 2.45) is 5.41 Å². The Morgan fingerprint density at radius 2 is 1.94 bits per heavy atom. The molecule has 0 atom stereocenters. The highest BCUT2D eigenvalue weighted by molar-refractivity contribution is 5.77. The Morgan fingerprint density at radius 3 is 2.68 bits per heavy atom. The molecule has 1 aromatic heterocycles. The monoisotopic (exact) mass is 422 g/mol. The van der Waals surface area contributed by atoms with E-state index in [0.29, 0.717) is 6.54 Å². The summed E-state index contributed by atoms with van der Waals surface area (Å²) in [6, 6.07) is 10.4. The second-order valence-corrected chi connectivity index (χ2v) is 9.28. The fourth-order valence-corrected chi connectivity index (χ4v) is 5.40. The highest BCUT2D eigenvalue weighted by Crippen LogP contribution is 2.40. The van der Waals surface area contributed by atoms with Crippen LogP contribution in [0, 0.1) is 5.41 Å². The summed E-state index contributed by atoms with van der Waals surface area (Å²) < 4.78 is 6.92. The van der Waals surface area contributed by atoms with Gasteiger partial charge < -0.3 is 9.64 Å². The number of hydrogen-bond acceptors (Lipinski definition) is 5. The van der Waals surface area contributed by atoms with Crippen molar-refractivity contribution in [2.75, 3.05) is 33.4 Å². The smallest absolute Gasteiger partial charge is 0.258 e. The lowest BCUT2D eigenvalue weighted by Crippen LogP contribution is -2.45. The van der Waals surface area contributed by atoms with E-state index in [-0.39, 0.29) is 23.5 Å². The number of piperidine rings is 1. The number of nitrogens with zero attached hydrogens (tertiary/aromatic N) is 4. The lowest BCUT2D eigenvalue weighted by Gasteiger charge is -2.38. The Bertz CT molecular complexity index is 1030. The Labute approximate surface area is 182 Å². The van der Waals surface area contributed by atoms with Gasteiger partial charge in [-0.3, -0.25) is 19.1 Å². The van der Waals surface area contributed by atoms with Gasteiger partial charge in [0.2, 0.25) is 5.91 Å².